The zero-order valence-corrected chi connectivity index (χ0v) is 16.6. The molecule has 0 saturated heterocycles. The minimum absolute atomic E-state index is 0.0507. The lowest BCUT2D eigenvalue weighted by molar-refractivity contribution is -0.192. The van der Waals surface area contributed by atoms with Crippen molar-refractivity contribution in [3.05, 3.63) is 41.5 Å². The van der Waals surface area contributed by atoms with Crippen LogP contribution in [0.15, 0.2) is 29.0 Å². The van der Waals surface area contributed by atoms with Crippen molar-refractivity contribution >= 4 is 23.6 Å². The fourth-order valence-corrected chi connectivity index (χ4v) is 2.53. The maximum atomic E-state index is 12.4. The molecule has 168 valence electrons. The van der Waals surface area contributed by atoms with Crippen LogP contribution in [0, 0.1) is 0 Å². The molecule has 0 saturated carbocycles. The Morgan fingerprint density at radius 3 is 2.52 bits per heavy atom. The SMILES string of the molecule is CC(C)NC(=O)N1CCc2onc(C(=O)Nc3cccnc3)c2C1.O=C(O)C(F)(F)F. The van der Waals surface area contributed by atoms with E-state index in [1.807, 2.05) is 13.8 Å². The van der Waals surface area contributed by atoms with Crippen molar-refractivity contribution in [2.24, 2.45) is 0 Å². The van der Waals surface area contributed by atoms with E-state index >= 15 is 0 Å². The third-order valence-corrected chi connectivity index (χ3v) is 3.90. The van der Waals surface area contributed by atoms with Gasteiger partial charge in [0.25, 0.3) is 5.91 Å². The van der Waals surface area contributed by atoms with Gasteiger partial charge in [0.2, 0.25) is 0 Å². The first kappa shape index (κ1) is 23.6. The van der Waals surface area contributed by atoms with Gasteiger partial charge in [0.1, 0.15) is 5.76 Å². The number of fused-ring (bicyclic) bond motifs is 1. The highest BCUT2D eigenvalue weighted by molar-refractivity contribution is 6.03. The summed E-state index contributed by atoms with van der Waals surface area (Å²) in [7, 11) is 0. The van der Waals surface area contributed by atoms with E-state index in [0.717, 1.165) is 0 Å². The van der Waals surface area contributed by atoms with Crippen LogP contribution in [0.3, 0.4) is 0 Å². The number of carboxylic acid groups (broad SMARTS) is 1. The quantitative estimate of drug-likeness (QED) is 0.662. The van der Waals surface area contributed by atoms with Crippen molar-refractivity contribution in [1.29, 1.82) is 0 Å². The van der Waals surface area contributed by atoms with Gasteiger partial charge < -0.3 is 25.2 Å². The summed E-state index contributed by atoms with van der Waals surface area (Å²) in [5, 5.41) is 16.6. The Labute approximate surface area is 174 Å². The normalized spacial score (nSPS) is 13.0. The van der Waals surface area contributed by atoms with E-state index in [2.05, 4.69) is 20.8 Å². The molecule has 0 bridgehead atoms. The van der Waals surface area contributed by atoms with Gasteiger partial charge >= 0.3 is 18.2 Å². The largest absolute Gasteiger partial charge is 0.490 e. The van der Waals surface area contributed by atoms with Gasteiger partial charge in [-0.25, -0.2) is 9.59 Å². The van der Waals surface area contributed by atoms with Crippen molar-refractivity contribution in [2.45, 2.75) is 39.0 Å². The highest BCUT2D eigenvalue weighted by atomic mass is 19.4. The van der Waals surface area contributed by atoms with Crippen LogP contribution in [0.1, 0.15) is 35.7 Å². The van der Waals surface area contributed by atoms with Crippen molar-refractivity contribution in [2.75, 3.05) is 11.9 Å². The number of aromatic nitrogens is 2. The summed E-state index contributed by atoms with van der Waals surface area (Å²) in [4.78, 5) is 39.1. The lowest BCUT2D eigenvalue weighted by Crippen LogP contribution is -2.45. The summed E-state index contributed by atoms with van der Waals surface area (Å²) < 4.78 is 37.0. The molecule has 1 aliphatic rings. The molecule has 13 heteroatoms. The number of aliphatic carboxylic acids is 1. The number of carbonyl (C=O) groups excluding carboxylic acids is 2. The van der Waals surface area contributed by atoms with E-state index in [1.54, 1.807) is 29.4 Å². The Bertz CT molecular complexity index is 930. The van der Waals surface area contributed by atoms with Gasteiger partial charge in [-0.15, -0.1) is 0 Å². The second-order valence-corrected chi connectivity index (χ2v) is 6.71. The van der Waals surface area contributed by atoms with Gasteiger partial charge in [-0.3, -0.25) is 9.78 Å². The number of carbonyl (C=O) groups is 3. The first-order valence-electron chi connectivity index (χ1n) is 9.03. The minimum atomic E-state index is -5.08. The third kappa shape index (κ3) is 6.69. The molecule has 3 rings (SSSR count). The zero-order chi connectivity index (χ0) is 23.2. The number of nitrogens with zero attached hydrogens (tertiary/aromatic N) is 3. The van der Waals surface area contributed by atoms with E-state index in [0.29, 0.717) is 36.5 Å². The van der Waals surface area contributed by atoms with Crippen molar-refractivity contribution in [3.8, 4) is 0 Å². The number of hydrogen-bond donors (Lipinski definition) is 3. The summed E-state index contributed by atoms with van der Waals surface area (Å²) in [6.45, 7) is 4.64. The lowest BCUT2D eigenvalue weighted by Gasteiger charge is -2.27. The molecule has 3 heterocycles. The van der Waals surface area contributed by atoms with Crippen LogP contribution in [0.25, 0.3) is 0 Å². The van der Waals surface area contributed by atoms with Crippen LogP contribution in [0.2, 0.25) is 0 Å². The predicted octanol–water partition coefficient (Wildman–Crippen LogP) is 2.43. The molecule has 0 aromatic carbocycles. The number of rotatable bonds is 3. The summed E-state index contributed by atoms with van der Waals surface area (Å²) >= 11 is 0. The van der Waals surface area contributed by atoms with Crippen LogP contribution in [0.4, 0.5) is 23.7 Å². The monoisotopic (exact) mass is 443 g/mol. The second-order valence-electron chi connectivity index (χ2n) is 6.71. The van der Waals surface area contributed by atoms with Gasteiger partial charge in [0.15, 0.2) is 5.69 Å². The third-order valence-electron chi connectivity index (χ3n) is 3.90. The molecule has 1 aliphatic heterocycles. The number of nitrogens with one attached hydrogen (secondary N) is 2. The average molecular weight is 443 g/mol. The predicted molar refractivity (Wildman–Crippen MR) is 100 cm³/mol. The number of amides is 3. The Morgan fingerprint density at radius 1 is 1.29 bits per heavy atom. The molecule has 3 N–H and O–H groups in total. The standard InChI is InChI=1S/C16H19N5O3.C2HF3O2/c1-10(2)18-16(23)21-7-5-13-12(9-21)14(20-24-13)15(22)19-11-4-3-6-17-8-11;3-2(4,5)1(6)7/h3-4,6,8,10H,5,7,9H2,1-2H3,(H,18,23)(H,19,22);(H,6,7). The summed E-state index contributed by atoms with van der Waals surface area (Å²) in [6, 6.07) is 3.36. The molecular weight excluding hydrogens is 423 g/mol. The van der Waals surface area contributed by atoms with Gasteiger partial charge in [-0.2, -0.15) is 13.2 Å². The first-order chi connectivity index (χ1) is 14.5. The molecule has 0 radical (unpaired) electrons. The number of hydrogen-bond acceptors (Lipinski definition) is 6. The van der Waals surface area contributed by atoms with E-state index in [4.69, 9.17) is 14.4 Å². The Hall–Kier alpha value is -3.64. The molecular formula is C18H20F3N5O5. The summed E-state index contributed by atoms with van der Waals surface area (Å²) in [5.41, 5.74) is 1.43. The summed E-state index contributed by atoms with van der Waals surface area (Å²) in [5.74, 6) is -2.48. The van der Waals surface area contributed by atoms with Crippen LogP contribution >= 0.6 is 0 Å². The summed E-state index contributed by atoms with van der Waals surface area (Å²) in [6.07, 6.45) is -1.38. The average Bonchev–Trinajstić information content (AvgIpc) is 3.11. The van der Waals surface area contributed by atoms with Crippen molar-refractivity contribution in [3.63, 3.8) is 0 Å². The molecule has 0 spiro atoms. The van der Waals surface area contributed by atoms with Crippen LogP contribution in [-0.2, 0) is 17.8 Å². The van der Waals surface area contributed by atoms with Crippen LogP contribution < -0.4 is 10.6 Å². The van der Waals surface area contributed by atoms with Crippen LogP contribution in [0.5, 0.6) is 0 Å². The smallest absolute Gasteiger partial charge is 0.475 e. The van der Waals surface area contributed by atoms with E-state index in [9.17, 15) is 22.8 Å². The molecule has 0 atom stereocenters. The highest BCUT2D eigenvalue weighted by Gasteiger charge is 2.38. The molecule has 31 heavy (non-hydrogen) atoms. The number of pyridine rings is 1. The van der Waals surface area contributed by atoms with Crippen molar-refractivity contribution < 1.29 is 37.2 Å². The lowest BCUT2D eigenvalue weighted by atomic mass is 10.1. The van der Waals surface area contributed by atoms with E-state index in [-0.39, 0.29) is 23.7 Å². The van der Waals surface area contributed by atoms with Gasteiger partial charge in [0.05, 0.1) is 18.4 Å². The molecule has 0 unspecified atom stereocenters. The second kappa shape index (κ2) is 9.91. The number of urea groups is 1. The molecule has 10 nitrogen and oxygen atoms in total. The van der Waals surface area contributed by atoms with Crippen molar-refractivity contribution in [1.82, 2.24) is 20.4 Å². The van der Waals surface area contributed by atoms with Gasteiger partial charge in [-0.1, -0.05) is 5.16 Å². The van der Waals surface area contributed by atoms with Crippen LogP contribution in [-0.4, -0.2) is 56.8 Å². The molecule has 0 fully saturated rings. The topological polar surface area (TPSA) is 138 Å². The zero-order valence-electron chi connectivity index (χ0n) is 16.6. The Balaban J connectivity index is 0.000000423. The fraction of sp³-hybridized carbons (Fsp3) is 0.389. The maximum absolute atomic E-state index is 12.4. The number of alkyl halides is 3. The maximum Gasteiger partial charge on any atom is 0.490 e. The minimum Gasteiger partial charge on any atom is -0.475 e. The molecule has 3 amide bonds. The first-order valence-corrected chi connectivity index (χ1v) is 9.03. The Morgan fingerprint density at radius 2 is 1.97 bits per heavy atom. The van der Waals surface area contributed by atoms with E-state index in [1.165, 1.54) is 0 Å². The molecule has 2 aromatic heterocycles. The van der Waals surface area contributed by atoms with E-state index < -0.39 is 12.1 Å². The van der Waals surface area contributed by atoms with Gasteiger partial charge in [0, 0.05) is 30.8 Å². The number of halogens is 3. The Kier molecular flexibility index (Phi) is 7.56. The number of carboxylic acids is 1. The highest BCUT2D eigenvalue weighted by Crippen LogP contribution is 2.23. The number of anilines is 1. The molecule has 0 aliphatic carbocycles. The van der Waals surface area contributed by atoms with Gasteiger partial charge in [-0.05, 0) is 26.0 Å². The fourth-order valence-electron chi connectivity index (χ4n) is 2.53. The molecule has 2 aromatic rings.